The van der Waals surface area contributed by atoms with Gasteiger partial charge >= 0.3 is 0 Å². The van der Waals surface area contributed by atoms with E-state index >= 15 is 0 Å². The maximum atomic E-state index is 6.79. The first-order valence-electron chi connectivity index (χ1n) is 19.6. The lowest BCUT2D eigenvalue weighted by Gasteiger charge is -2.45. The largest absolute Gasteiger partial charge is 0.368 e. The molecule has 0 spiro atoms. The van der Waals surface area contributed by atoms with Crippen LogP contribution in [0.1, 0.15) is 34.1 Å². The maximum Gasteiger partial charge on any atom is 0.187 e. The van der Waals surface area contributed by atoms with E-state index in [9.17, 15) is 0 Å². The third-order valence-electron chi connectivity index (χ3n) is 10.4. The highest BCUT2D eigenvalue weighted by molar-refractivity contribution is 5.18. The van der Waals surface area contributed by atoms with Gasteiger partial charge in [-0.3, -0.25) is 0 Å². The Morgan fingerprint density at radius 3 is 1.42 bits per heavy atom. The second kappa shape index (κ2) is 19.9. The van der Waals surface area contributed by atoms with Gasteiger partial charge in [0.05, 0.1) is 39.6 Å². The van der Waals surface area contributed by atoms with E-state index in [1.165, 1.54) is 0 Å². The highest BCUT2D eigenvalue weighted by Gasteiger charge is 2.53. The summed E-state index contributed by atoms with van der Waals surface area (Å²) in [5.41, 5.74) is 5.00. The predicted molar refractivity (Wildman–Crippen MR) is 210 cm³/mol. The van der Waals surface area contributed by atoms with E-state index in [0.29, 0.717) is 33.0 Å². The van der Waals surface area contributed by atoms with Crippen LogP contribution in [0.15, 0.2) is 152 Å². The Morgan fingerprint density at radius 2 is 0.912 bits per heavy atom. The fraction of sp³-hybridized carbons (Fsp3) is 0.362. The fourth-order valence-corrected chi connectivity index (χ4v) is 7.48. The van der Waals surface area contributed by atoms with E-state index in [4.69, 9.17) is 47.4 Å². The van der Waals surface area contributed by atoms with Gasteiger partial charge in [-0.2, -0.15) is 0 Å². The molecule has 8 rings (SSSR count). The third kappa shape index (κ3) is 10.2. The zero-order valence-corrected chi connectivity index (χ0v) is 32.0. The van der Waals surface area contributed by atoms with Crippen LogP contribution in [0.3, 0.4) is 0 Å². The molecule has 10 atom stereocenters. The van der Waals surface area contributed by atoms with Crippen molar-refractivity contribution in [2.24, 2.45) is 0 Å². The maximum absolute atomic E-state index is 6.79. The molecule has 57 heavy (non-hydrogen) atoms. The fourth-order valence-electron chi connectivity index (χ4n) is 7.48. The average Bonchev–Trinajstić information content (AvgIpc) is 3.63. The summed E-state index contributed by atoms with van der Waals surface area (Å²) in [4.78, 5) is 0. The Morgan fingerprint density at radius 1 is 0.456 bits per heavy atom. The Bertz CT molecular complexity index is 1890. The summed E-state index contributed by atoms with van der Waals surface area (Å²) in [5, 5.41) is 0. The van der Waals surface area contributed by atoms with Crippen molar-refractivity contribution in [2.75, 3.05) is 20.3 Å². The topological polar surface area (TPSA) is 92.3 Å². The Kier molecular flexibility index (Phi) is 13.8. The minimum Gasteiger partial charge on any atom is -0.368 e. The van der Waals surface area contributed by atoms with E-state index in [1.54, 1.807) is 7.11 Å². The summed E-state index contributed by atoms with van der Waals surface area (Å²) in [6.45, 7) is 1.73. The van der Waals surface area contributed by atoms with Crippen molar-refractivity contribution in [3.63, 3.8) is 0 Å². The average molecular weight is 775 g/mol. The van der Waals surface area contributed by atoms with Crippen LogP contribution in [0.4, 0.5) is 0 Å². The highest BCUT2D eigenvalue weighted by Crippen LogP contribution is 2.38. The van der Waals surface area contributed by atoms with Crippen LogP contribution in [-0.4, -0.2) is 75.6 Å². The Hall–Kier alpha value is -4.30. The molecule has 5 aromatic rings. The summed E-state index contributed by atoms with van der Waals surface area (Å²) >= 11 is 0. The highest BCUT2D eigenvalue weighted by atomic mass is 16.8. The number of methoxy groups -OCH3 is 1. The molecule has 0 amide bonds. The summed E-state index contributed by atoms with van der Waals surface area (Å²) in [6.07, 6.45) is -6.08. The summed E-state index contributed by atoms with van der Waals surface area (Å²) in [5.74, 6) is 0. The zero-order valence-electron chi connectivity index (χ0n) is 32.0. The van der Waals surface area contributed by atoms with Crippen LogP contribution in [0.2, 0.25) is 0 Å². The standard InChI is InChI=1S/C47H50O10/c1-48-46-44(52-30-36-23-13-5-14-24-36)42(50-28-34-19-9-3-10-20-34)40(49-27-33-17-7-2-8-18-33)38(55-46)31-54-47-43(51-29-35-21-11-4-12-22-35)41-39(56-47)32-53-45(57-41)37-25-15-6-16-26-37/h2-26,38-47H,27-32H2,1H3/t38-,39-,40-,41-,42+,43+,44-,45-,46+,47+/m1/s1. The number of benzene rings is 5. The van der Waals surface area contributed by atoms with Crippen LogP contribution < -0.4 is 0 Å². The van der Waals surface area contributed by atoms with Crippen LogP contribution in [0, 0.1) is 0 Å². The van der Waals surface area contributed by atoms with Gasteiger partial charge in [0.1, 0.15) is 42.7 Å². The van der Waals surface area contributed by atoms with Crippen LogP contribution >= 0.6 is 0 Å². The molecule has 298 valence electrons. The molecule has 10 heteroatoms. The Balaban J connectivity index is 1.05. The van der Waals surface area contributed by atoms with E-state index in [2.05, 4.69) is 0 Å². The molecule has 0 unspecified atom stereocenters. The lowest BCUT2D eigenvalue weighted by Crippen LogP contribution is -2.61. The molecular weight excluding hydrogens is 725 g/mol. The van der Waals surface area contributed by atoms with Gasteiger partial charge in [0.25, 0.3) is 0 Å². The van der Waals surface area contributed by atoms with Crippen LogP contribution in [0.5, 0.6) is 0 Å². The molecule has 3 saturated heterocycles. The minimum atomic E-state index is -0.794. The predicted octanol–water partition coefficient (Wildman–Crippen LogP) is 7.56. The van der Waals surface area contributed by atoms with Gasteiger partial charge in [0.15, 0.2) is 18.9 Å². The molecule has 10 nitrogen and oxygen atoms in total. The molecule has 0 aromatic heterocycles. The van der Waals surface area contributed by atoms with E-state index in [0.717, 1.165) is 27.8 Å². The first-order valence-corrected chi connectivity index (χ1v) is 19.6. The zero-order chi connectivity index (χ0) is 38.7. The number of ether oxygens (including phenoxy) is 10. The van der Waals surface area contributed by atoms with Crippen molar-refractivity contribution in [3.05, 3.63) is 179 Å². The summed E-state index contributed by atoms with van der Waals surface area (Å²) in [6, 6.07) is 50.0. The normalized spacial score (nSPS) is 28.5. The molecule has 3 fully saturated rings. The lowest BCUT2D eigenvalue weighted by molar-refractivity contribution is -0.328. The smallest absolute Gasteiger partial charge is 0.187 e. The van der Waals surface area contributed by atoms with Crippen molar-refractivity contribution in [3.8, 4) is 0 Å². The molecule has 3 aliphatic rings. The second-order valence-corrected chi connectivity index (χ2v) is 14.4. The quantitative estimate of drug-likeness (QED) is 0.0944. The minimum absolute atomic E-state index is 0.0776. The van der Waals surface area contributed by atoms with E-state index < -0.39 is 61.6 Å². The molecule has 0 saturated carbocycles. The summed E-state index contributed by atoms with van der Waals surface area (Å²) in [7, 11) is 1.61. The molecule has 0 N–H and O–H groups in total. The van der Waals surface area contributed by atoms with E-state index in [-0.39, 0.29) is 6.61 Å². The first kappa shape index (κ1) is 39.5. The molecule has 0 bridgehead atoms. The molecule has 5 aromatic carbocycles. The molecule has 3 heterocycles. The van der Waals surface area contributed by atoms with Gasteiger partial charge in [-0.05, 0) is 22.3 Å². The van der Waals surface area contributed by atoms with E-state index in [1.807, 2.05) is 152 Å². The molecular formula is C47H50O10. The molecule has 0 aliphatic carbocycles. The van der Waals surface area contributed by atoms with Gasteiger partial charge in [0.2, 0.25) is 0 Å². The SMILES string of the molecule is CO[C@H]1O[C@H](CO[C@H]2O[C@@H]3CO[C@@H](c4ccccc4)O[C@H]3[C@@H]2OCc2ccccc2)[C@@H](OCc2ccccc2)[C@H](OCc2ccccc2)[C@H]1OCc1ccccc1. The van der Waals surface area contributed by atoms with Gasteiger partial charge < -0.3 is 47.4 Å². The van der Waals surface area contributed by atoms with Gasteiger partial charge in [0, 0.05) is 12.7 Å². The number of rotatable bonds is 17. The van der Waals surface area contributed by atoms with Crippen molar-refractivity contribution in [1.82, 2.24) is 0 Å². The number of hydrogen-bond acceptors (Lipinski definition) is 10. The van der Waals surface area contributed by atoms with Gasteiger partial charge in [-0.1, -0.05) is 152 Å². The summed E-state index contributed by atoms with van der Waals surface area (Å²) < 4.78 is 65.4. The number of hydrogen-bond donors (Lipinski definition) is 0. The Labute approximate surface area is 334 Å². The van der Waals surface area contributed by atoms with Gasteiger partial charge in [-0.15, -0.1) is 0 Å². The number of fused-ring (bicyclic) bond motifs is 1. The molecule has 3 aliphatic heterocycles. The first-order chi connectivity index (χ1) is 28.2. The second-order valence-electron chi connectivity index (χ2n) is 14.4. The van der Waals surface area contributed by atoms with Crippen molar-refractivity contribution in [1.29, 1.82) is 0 Å². The van der Waals surface area contributed by atoms with Crippen LogP contribution in [0.25, 0.3) is 0 Å². The van der Waals surface area contributed by atoms with Crippen LogP contribution in [-0.2, 0) is 73.8 Å². The lowest BCUT2D eigenvalue weighted by atomic mass is 9.97. The molecule has 0 radical (unpaired) electrons. The van der Waals surface area contributed by atoms with Crippen molar-refractivity contribution in [2.45, 2.75) is 88.0 Å². The van der Waals surface area contributed by atoms with Crippen molar-refractivity contribution >= 4 is 0 Å². The monoisotopic (exact) mass is 774 g/mol. The van der Waals surface area contributed by atoms with Crippen molar-refractivity contribution < 1.29 is 47.4 Å². The third-order valence-corrected chi connectivity index (χ3v) is 10.4. The van der Waals surface area contributed by atoms with Gasteiger partial charge in [-0.25, -0.2) is 0 Å².